The van der Waals surface area contributed by atoms with E-state index in [2.05, 4.69) is 16.1 Å². The van der Waals surface area contributed by atoms with Crippen molar-refractivity contribution in [3.05, 3.63) is 53.6 Å². The van der Waals surface area contributed by atoms with E-state index in [-0.39, 0.29) is 18.9 Å². The van der Waals surface area contributed by atoms with Crippen LogP contribution in [0.25, 0.3) is 0 Å². The second kappa shape index (κ2) is 11.8. The number of benzene rings is 2. The number of amides is 2. The minimum Gasteiger partial charge on any atom is -0.444 e. The topological polar surface area (TPSA) is 106 Å². The number of nitrogens with zero attached hydrogens (tertiary/aromatic N) is 2. The number of nitrogens with one attached hydrogen (secondary N) is 3. The van der Waals surface area contributed by atoms with E-state index >= 15 is 0 Å². The Balaban J connectivity index is 1.89. The third-order valence-electron chi connectivity index (χ3n) is 4.70. The van der Waals surface area contributed by atoms with Crippen molar-refractivity contribution in [2.24, 2.45) is 0 Å². The predicted octanol–water partition coefficient (Wildman–Crippen LogP) is 2.52. The van der Waals surface area contributed by atoms with E-state index in [1.54, 1.807) is 44.4 Å². The molecule has 4 N–H and O–H groups in total. The van der Waals surface area contributed by atoms with E-state index in [1.807, 2.05) is 31.1 Å². The molecule has 0 fully saturated rings. The molecule has 0 heterocycles. The average molecular weight is 430 g/mol. The van der Waals surface area contributed by atoms with Gasteiger partial charge < -0.3 is 20.3 Å². The van der Waals surface area contributed by atoms with Crippen molar-refractivity contribution in [2.45, 2.75) is 13.0 Å². The Morgan fingerprint density at radius 2 is 1.77 bits per heavy atom. The summed E-state index contributed by atoms with van der Waals surface area (Å²) in [5.41, 5.74) is 5.65. The van der Waals surface area contributed by atoms with Gasteiger partial charge in [-0.1, -0.05) is 18.2 Å². The minimum absolute atomic E-state index is 0.0369. The summed E-state index contributed by atoms with van der Waals surface area (Å²) in [5.74, 6) is -0.0369. The summed E-state index contributed by atoms with van der Waals surface area (Å²) in [7, 11) is 7.29. The van der Waals surface area contributed by atoms with Crippen LogP contribution in [0.3, 0.4) is 0 Å². The Morgan fingerprint density at radius 1 is 1.06 bits per heavy atom. The fourth-order valence-corrected chi connectivity index (χ4v) is 2.85. The number of anilines is 3. The molecule has 9 nitrogen and oxygen atoms in total. The number of carbonyl (C=O) groups excluding carboxylic acids is 2. The molecule has 168 valence electrons. The summed E-state index contributed by atoms with van der Waals surface area (Å²) in [6.07, 6.45) is -0.214. The van der Waals surface area contributed by atoms with Crippen molar-refractivity contribution in [3.8, 4) is 0 Å². The van der Waals surface area contributed by atoms with Gasteiger partial charge in [0, 0.05) is 44.1 Å². The molecule has 31 heavy (non-hydrogen) atoms. The van der Waals surface area contributed by atoms with Gasteiger partial charge in [0.15, 0.2) is 0 Å². The number of hydrogen-bond acceptors (Lipinski definition) is 7. The molecule has 0 unspecified atom stereocenters. The van der Waals surface area contributed by atoms with Crippen molar-refractivity contribution < 1.29 is 19.5 Å². The molecule has 0 bridgehead atoms. The molecule has 0 aliphatic heterocycles. The first-order chi connectivity index (χ1) is 14.8. The molecule has 2 aromatic carbocycles. The van der Waals surface area contributed by atoms with E-state index < -0.39 is 6.09 Å². The molecule has 0 saturated heterocycles. The first-order valence-electron chi connectivity index (χ1n) is 9.95. The fraction of sp³-hybridized carbons (Fsp3) is 0.364. The summed E-state index contributed by atoms with van der Waals surface area (Å²) >= 11 is 0. The zero-order chi connectivity index (χ0) is 22.8. The van der Waals surface area contributed by atoms with Crippen molar-refractivity contribution in [2.75, 3.05) is 57.0 Å². The molecule has 0 aromatic heterocycles. The van der Waals surface area contributed by atoms with Crippen LogP contribution in [0.15, 0.2) is 42.5 Å². The van der Waals surface area contributed by atoms with Crippen molar-refractivity contribution in [1.82, 2.24) is 10.2 Å². The third-order valence-corrected chi connectivity index (χ3v) is 4.70. The van der Waals surface area contributed by atoms with Gasteiger partial charge in [0.2, 0.25) is 5.91 Å². The molecule has 2 aromatic rings. The zero-order valence-electron chi connectivity index (χ0n) is 18.4. The van der Waals surface area contributed by atoms with Gasteiger partial charge in [0.05, 0.1) is 12.1 Å². The Labute approximate surface area is 182 Å². The molecule has 0 saturated carbocycles. The molecular weight excluding hydrogens is 398 g/mol. The highest BCUT2D eigenvalue weighted by Gasteiger charge is 2.14. The number of hydrogen-bond donors (Lipinski definition) is 4. The van der Waals surface area contributed by atoms with Crippen molar-refractivity contribution >= 4 is 29.1 Å². The maximum absolute atomic E-state index is 12.4. The Hall–Kier alpha value is -3.30. The van der Waals surface area contributed by atoms with Crippen LogP contribution in [0.2, 0.25) is 0 Å². The number of ether oxygens (including phenoxy) is 1. The SMILES string of the molecule is CNc1cc(NO)ccc1COC(=O)N(C)c1ccc(CC(=O)NCCN(C)C)cc1. The number of carbonyl (C=O) groups is 2. The van der Waals surface area contributed by atoms with E-state index in [4.69, 9.17) is 9.94 Å². The summed E-state index contributed by atoms with van der Waals surface area (Å²) in [6.45, 7) is 1.47. The lowest BCUT2D eigenvalue weighted by molar-refractivity contribution is -0.120. The smallest absolute Gasteiger partial charge is 0.414 e. The van der Waals surface area contributed by atoms with Crippen LogP contribution < -0.4 is 21.0 Å². The van der Waals surface area contributed by atoms with E-state index in [9.17, 15) is 9.59 Å². The van der Waals surface area contributed by atoms with Gasteiger partial charge in [0.1, 0.15) is 6.61 Å². The molecule has 0 aliphatic rings. The van der Waals surface area contributed by atoms with Gasteiger partial charge in [-0.05, 0) is 43.9 Å². The summed E-state index contributed by atoms with van der Waals surface area (Å²) in [5, 5.41) is 14.9. The van der Waals surface area contributed by atoms with Crippen LogP contribution in [0.5, 0.6) is 0 Å². The summed E-state index contributed by atoms with van der Waals surface area (Å²) < 4.78 is 5.41. The van der Waals surface area contributed by atoms with Gasteiger partial charge >= 0.3 is 6.09 Å². The first-order valence-corrected chi connectivity index (χ1v) is 9.95. The largest absolute Gasteiger partial charge is 0.444 e. The van der Waals surface area contributed by atoms with Gasteiger partial charge in [-0.2, -0.15) is 0 Å². The lowest BCUT2D eigenvalue weighted by atomic mass is 10.1. The van der Waals surface area contributed by atoms with Crippen LogP contribution in [0.4, 0.5) is 21.9 Å². The van der Waals surface area contributed by atoms with Crippen LogP contribution >= 0.6 is 0 Å². The average Bonchev–Trinajstić information content (AvgIpc) is 2.77. The van der Waals surface area contributed by atoms with Crippen molar-refractivity contribution in [1.29, 1.82) is 0 Å². The highest BCUT2D eigenvalue weighted by molar-refractivity contribution is 5.87. The maximum atomic E-state index is 12.4. The standard InChI is InChI=1S/C22H31N5O4/c1-23-20-14-18(25-30)8-7-17(20)15-31-22(29)27(4)19-9-5-16(6-10-19)13-21(28)24-11-12-26(2)3/h5-10,14,23,25,30H,11-13,15H2,1-4H3,(H,24,28). The van der Waals surface area contributed by atoms with Crippen LogP contribution in [0, 0.1) is 0 Å². The van der Waals surface area contributed by atoms with E-state index in [1.165, 1.54) is 4.90 Å². The number of likely N-dealkylation sites (N-methyl/N-ethyl adjacent to an activating group) is 1. The predicted molar refractivity (Wildman–Crippen MR) is 122 cm³/mol. The first kappa shape index (κ1) is 24.0. The van der Waals surface area contributed by atoms with Gasteiger partial charge in [0.25, 0.3) is 0 Å². The quantitative estimate of drug-likeness (QED) is 0.430. The van der Waals surface area contributed by atoms with E-state index in [0.717, 1.165) is 23.4 Å². The molecule has 9 heteroatoms. The maximum Gasteiger partial charge on any atom is 0.414 e. The monoisotopic (exact) mass is 429 g/mol. The van der Waals surface area contributed by atoms with Crippen molar-refractivity contribution in [3.63, 3.8) is 0 Å². The van der Waals surface area contributed by atoms with E-state index in [0.29, 0.717) is 17.9 Å². The van der Waals surface area contributed by atoms with Gasteiger partial charge in [-0.15, -0.1) is 0 Å². The highest BCUT2D eigenvalue weighted by Crippen LogP contribution is 2.22. The molecule has 2 amide bonds. The van der Waals surface area contributed by atoms with Crippen LogP contribution in [-0.4, -0.2) is 63.4 Å². The molecule has 2 rings (SSSR count). The Kier molecular flexibility index (Phi) is 9.11. The normalized spacial score (nSPS) is 10.5. The Morgan fingerprint density at radius 3 is 2.39 bits per heavy atom. The fourth-order valence-electron chi connectivity index (χ4n) is 2.85. The summed E-state index contributed by atoms with van der Waals surface area (Å²) in [4.78, 5) is 27.8. The second-order valence-corrected chi connectivity index (χ2v) is 7.34. The zero-order valence-corrected chi connectivity index (χ0v) is 18.4. The summed E-state index contributed by atoms with van der Waals surface area (Å²) in [6, 6.07) is 12.4. The second-order valence-electron chi connectivity index (χ2n) is 7.34. The van der Waals surface area contributed by atoms with Gasteiger partial charge in [-0.3, -0.25) is 20.4 Å². The molecule has 0 spiro atoms. The lowest BCUT2D eigenvalue weighted by Gasteiger charge is -2.18. The molecule has 0 atom stereocenters. The highest BCUT2D eigenvalue weighted by atomic mass is 16.6. The Bertz CT molecular complexity index is 871. The van der Waals surface area contributed by atoms with Crippen LogP contribution in [-0.2, 0) is 22.6 Å². The lowest BCUT2D eigenvalue weighted by Crippen LogP contribution is -2.32. The molecular formula is C22H31N5O4. The molecule has 0 radical (unpaired) electrons. The third kappa shape index (κ3) is 7.47. The van der Waals surface area contributed by atoms with Crippen LogP contribution in [0.1, 0.15) is 11.1 Å². The number of rotatable bonds is 10. The molecule has 0 aliphatic carbocycles. The van der Waals surface area contributed by atoms with Gasteiger partial charge in [-0.25, -0.2) is 4.79 Å². The minimum atomic E-state index is -0.499.